The molecule has 110 heavy (non-hydrogen) atoms. The number of rotatable bonds is 45. The number of alkyl carbamates (subject to hydrolysis) is 1. The van der Waals surface area contributed by atoms with Crippen molar-refractivity contribution in [2.45, 2.75) is 174 Å². The molecule has 4 bridgehead atoms. The van der Waals surface area contributed by atoms with Gasteiger partial charge in [-0.2, -0.15) is 5.90 Å². The van der Waals surface area contributed by atoms with E-state index in [1.807, 2.05) is 32.1 Å². The smallest absolute Gasteiger partial charge is 0.409 e. The number of aryl methyl sites for hydroxylation is 1. The largest absolute Gasteiger partial charge is 0.457 e. The van der Waals surface area contributed by atoms with Crippen LogP contribution in [-0.4, -0.2) is 255 Å². The fraction of sp³-hybridized carbons (Fsp3) is 0.645. The van der Waals surface area contributed by atoms with E-state index in [0.29, 0.717) is 80.9 Å². The number of primary amides is 1. The SMILES string of the molecule is CO[C@@H]1/C=C/C=C(\C)Cc2cc(C)c(Cl)c(c2)N(C)C(=O)C[C@H](OC(=O)[C@H](C)N(C)C(=O)CCCN(C)C(=O)OCc2ccc(CC(=O)[C@H](CCCNC(N)=O)NC(=O)[C@@H](CC(=O)COCCOCCOCCOCCOCCOCCNC(=O)CCC(=O)ON)C(C)C)cc2)[C@]2(C)OC2[C@H](C)[C@@H]2C[C@]1(O)NC(=O)O2. The second-order valence-electron chi connectivity index (χ2n) is 28.1. The number of benzene rings is 2. The van der Waals surface area contributed by atoms with Crippen molar-refractivity contribution in [2.24, 2.45) is 29.4 Å². The quantitative estimate of drug-likeness (QED) is 0.0157. The Kier molecular flexibility index (Phi) is 39.7. The first kappa shape index (κ1) is 92.4. The van der Waals surface area contributed by atoms with Crippen molar-refractivity contribution in [1.29, 1.82) is 0 Å². The van der Waals surface area contributed by atoms with Crippen LogP contribution in [0.15, 0.2) is 60.2 Å². The van der Waals surface area contributed by atoms with Crippen LogP contribution in [0.3, 0.4) is 0 Å². The molecule has 3 heterocycles. The Morgan fingerprint density at radius 2 is 1.45 bits per heavy atom. The molecule has 8 amide bonds. The third kappa shape index (κ3) is 31.2. The van der Waals surface area contributed by atoms with E-state index in [9.17, 15) is 57.8 Å². The number of anilines is 1. The molecule has 10 atom stereocenters. The number of epoxide rings is 1. The van der Waals surface area contributed by atoms with Gasteiger partial charge in [0.2, 0.25) is 23.6 Å². The monoisotopic (exact) mass is 1570 g/mol. The number of nitrogens with one attached hydrogen (secondary N) is 4. The number of aliphatic hydroxyl groups is 1. The minimum absolute atomic E-state index is 0.0258. The van der Waals surface area contributed by atoms with Crippen molar-refractivity contribution in [3.05, 3.63) is 87.5 Å². The molecule has 1 unspecified atom stereocenters. The van der Waals surface area contributed by atoms with E-state index in [1.54, 1.807) is 71.2 Å². The maximum Gasteiger partial charge on any atom is 0.409 e. The predicted octanol–water partition coefficient (Wildman–Crippen LogP) is 4.55. The second kappa shape index (κ2) is 47.2. The molecule has 0 radical (unpaired) electrons. The summed E-state index contributed by atoms with van der Waals surface area (Å²) in [5.74, 6) is -0.803. The lowest BCUT2D eigenvalue weighted by Crippen LogP contribution is -2.63. The van der Waals surface area contributed by atoms with Gasteiger partial charge in [0.1, 0.15) is 43.2 Å². The molecule has 2 aromatic carbocycles. The van der Waals surface area contributed by atoms with Crippen LogP contribution in [0.2, 0.25) is 5.02 Å². The first-order chi connectivity index (χ1) is 52.3. The van der Waals surface area contributed by atoms with E-state index in [1.165, 1.54) is 42.8 Å². The van der Waals surface area contributed by atoms with Crippen molar-refractivity contribution in [1.82, 2.24) is 31.1 Å². The van der Waals surface area contributed by atoms with E-state index in [2.05, 4.69) is 26.1 Å². The summed E-state index contributed by atoms with van der Waals surface area (Å²) < 4.78 is 62.4. The van der Waals surface area contributed by atoms with Crippen LogP contribution in [-0.2, 0) is 115 Å². The zero-order valence-corrected chi connectivity index (χ0v) is 66.0. The highest BCUT2D eigenvalue weighted by atomic mass is 35.5. The summed E-state index contributed by atoms with van der Waals surface area (Å²) in [6, 6.07) is 7.62. The maximum atomic E-state index is 14.4. The van der Waals surface area contributed by atoms with Crippen molar-refractivity contribution in [2.75, 3.05) is 132 Å². The van der Waals surface area contributed by atoms with Gasteiger partial charge in [-0.25, -0.2) is 19.2 Å². The summed E-state index contributed by atoms with van der Waals surface area (Å²) >= 11 is 6.86. The van der Waals surface area contributed by atoms with E-state index in [0.717, 1.165) is 16.7 Å². The summed E-state index contributed by atoms with van der Waals surface area (Å²) in [5.41, 5.74) is 6.20. The fourth-order valence-corrected chi connectivity index (χ4v) is 12.5. The summed E-state index contributed by atoms with van der Waals surface area (Å²) in [7, 11) is 5.94. The van der Waals surface area contributed by atoms with E-state index in [-0.39, 0.29) is 140 Å². The first-order valence-electron chi connectivity index (χ1n) is 37.0. The van der Waals surface area contributed by atoms with Gasteiger partial charge in [0.05, 0.1) is 108 Å². The van der Waals surface area contributed by atoms with Gasteiger partial charge in [-0.15, -0.1) is 0 Å². The summed E-state index contributed by atoms with van der Waals surface area (Å²) in [4.78, 5) is 151. The van der Waals surface area contributed by atoms with Gasteiger partial charge in [-0.1, -0.05) is 86.5 Å². The topological polar surface area (TPSA) is 432 Å². The van der Waals surface area contributed by atoms with Crippen LogP contribution in [0, 0.1) is 24.7 Å². The van der Waals surface area contributed by atoms with Gasteiger partial charge >= 0.3 is 30.2 Å². The van der Waals surface area contributed by atoms with Gasteiger partial charge in [-0.05, 0) is 87.6 Å². The Balaban J connectivity index is 1.03. The van der Waals surface area contributed by atoms with Crippen LogP contribution >= 0.6 is 11.6 Å². The van der Waals surface area contributed by atoms with E-state index < -0.39 is 108 Å². The number of hydrogen-bond donors (Lipinski definition) is 7. The normalized spacial score (nSPS) is 21.4. The standard InChI is InChI=1S/C76H114ClN9O24/c1-48(2)57(43-56(87)47-105-38-37-104-36-35-103-34-33-102-32-31-101-30-29-100-28-26-80-64(89)23-24-67(92)110-79)70(93)82-58(16-13-25-81-72(78)95)60(88)42-53-19-21-54(22-20-53)46-106-74(97)84(8)27-14-18-65(90)85(9)52(6)71(94)108-63-44-66(91)86(10)59-41-55(40-50(4)68(59)77)39-49(3)15-12-17-62(99-11)76(98)45-61(107-73(96)83-76)51(5)69-75(63,7)109-69/h12,15,17,19-22,40-41,48,51-52,57-58,61-63,69,98H,13-14,16,18,23-39,42-47,79H2,1-11H3,(H,80,89)(H,82,93)(H,83,96)(H3,78,81,95)/b17-12+,49-15+/t51-,52+,57+,58+,61+,62-,63+,69?,75+,76-/m1/s1. The van der Waals surface area contributed by atoms with Crippen LogP contribution in [0.4, 0.5) is 20.1 Å². The molecule has 5 rings (SSSR count). The Hall–Kier alpha value is -8.22. The molecular formula is C76H114ClN9O24. The lowest BCUT2D eigenvalue weighted by molar-refractivity contribution is -0.162. The minimum atomic E-state index is -1.89. The summed E-state index contributed by atoms with van der Waals surface area (Å²) in [5, 5.41) is 22.7. The number of amides is 8. The number of allylic oxidation sites excluding steroid dienone is 3. The molecule has 33 nitrogen and oxygen atoms in total. The molecule has 9 N–H and O–H groups in total. The van der Waals surface area contributed by atoms with Crippen molar-refractivity contribution in [3.8, 4) is 0 Å². The fourth-order valence-electron chi connectivity index (χ4n) is 12.3. The van der Waals surface area contributed by atoms with Crippen molar-refractivity contribution in [3.63, 3.8) is 0 Å². The Morgan fingerprint density at radius 1 is 0.827 bits per heavy atom. The van der Waals surface area contributed by atoms with Gasteiger partial charge in [-0.3, -0.25) is 38.9 Å². The van der Waals surface area contributed by atoms with Gasteiger partial charge in [0, 0.05) is 91.8 Å². The van der Waals surface area contributed by atoms with Crippen LogP contribution in [0.25, 0.3) is 0 Å². The molecule has 0 aliphatic carbocycles. The average molecular weight is 1570 g/mol. The molecule has 0 aromatic heterocycles. The maximum absolute atomic E-state index is 14.4. The van der Waals surface area contributed by atoms with Crippen LogP contribution in [0.5, 0.6) is 0 Å². The zero-order valence-electron chi connectivity index (χ0n) is 65.2. The molecule has 3 aliphatic rings. The Morgan fingerprint density at radius 3 is 2.05 bits per heavy atom. The Bertz CT molecular complexity index is 3440. The number of Topliss-reactive ketones (excluding diaryl/α,β-unsaturated/α-hetero) is 2. The molecule has 2 saturated heterocycles. The molecular weight excluding hydrogens is 1460 g/mol. The minimum Gasteiger partial charge on any atom is -0.457 e. The number of fused-ring (bicyclic) bond motifs is 5. The summed E-state index contributed by atoms with van der Waals surface area (Å²) in [6.07, 6.45) is -0.0429. The van der Waals surface area contributed by atoms with Crippen molar-refractivity contribution >= 4 is 82.6 Å². The number of halogens is 1. The highest BCUT2D eigenvalue weighted by molar-refractivity contribution is 6.34. The predicted molar refractivity (Wildman–Crippen MR) is 400 cm³/mol. The Labute approximate surface area is 648 Å². The molecule has 3 aliphatic heterocycles. The number of carbonyl (C=O) groups is 11. The first-order valence-corrected chi connectivity index (χ1v) is 37.4. The number of nitrogens with zero attached hydrogens (tertiary/aromatic N) is 3. The van der Waals surface area contributed by atoms with Gasteiger partial charge < -0.3 is 98.4 Å². The number of ketones is 2. The zero-order chi connectivity index (χ0) is 81.1. The third-order valence-electron chi connectivity index (χ3n) is 19.1. The second-order valence-corrected chi connectivity index (χ2v) is 28.5. The van der Waals surface area contributed by atoms with Crippen LogP contribution < -0.4 is 37.8 Å². The number of urea groups is 1. The van der Waals surface area contributed by atoms with Crippen molar-refractivity contribution < 1.29 is 115 Å². The molecule has 2 fully saturated rings. The molecule has 0 saturated carbocycles. The number of likely N-dealkylation sites (N-methyl/N-ethyl adjacent to an activating group) is 1. The van der Waals surface area contributed by atoms with Crippen LogP contribution in [0.1, 0.15) is 122 Å². The van der Waals surface area contributed by atoms with E-state index in [4.69, 9.17) is 75.3 Å². The van der Waals surface area contributed by atoms with Gasteiger partial charge in [0.25, 0.3) is 0 Å². The number of carbonyl (C=O) groups excluding carboxylic acids is 11. The number of nitrogens with two attached hydrogens (primary N) is 2. The highest BCUT2D eigenvalue weighted by Gasteiger charge is 2.64. The van der Waals surface area contributed by atoms with E-state index >= 15 is 0 Å². The highest BCUT2D eigenvalue weighted by Crippen LogP contribution is 2.49. The molecule has 614 valence electrons. The number of hydrogen-bond acceptors (Lipinski definition) is 25. The lowest BCUT2D eigenvalue weighted by atomic mass is 9.83. The average Bonchev–Trinajstić information content (AvgIpc) is 1.57. The van der Waals surface area contributed by atoms with Gasteiger partial charge in [0.15, 0.2) is 17.3 Å². The molecule has 0 spiro atoms. The number of esters is 1. The summed E-state index contributed by atoms with van der Waals surface area (Å²) in [6.45, 7) is 15.7. The molecule has 2 aromatic rings. The number of methoxy groups -OCH3 is 1. The lowest BCUT2D eigenvalue weighted by Gasteiger charge is -2.42. The number of ether oxygens (including phenoxy) is 11. The molecule has 34 heteroatoms. The third-order valence-corrected chi connectivity index (χ3v) is 19.6.